The first-order valence-electron chi connectivity index (χ1n) is 9.07. The number of aliphatic hydroxyl groups excluding tert-OH is 1. The third kappa shape index (κ3) is 1.82. The molecular weight excluding hydrogens is 272 g/mol. The van der Waals surface area contributed by atoms with Crippen LogP contribution >= 0.6 is 0 Å². The molecule has 0 aromatic heterocycles. The molecule has 4 aliphatic carbocycles. The van der Waals surface area contributed by atoms with Gasteiger partial charge in [-0.25, -0.2) is 0 Å². The Balaban J connectivity index is 1.64. The summed E-state index contributed by atoms with van der Waals surface area (Å²) < 4.78 is 0. The second-order valence-electron chi connectivity index (χ2n) is 8.47. The van der Waals surface area contributed by atoms with Crippen molar-refractivity contribution in [3.8, 4) is 12.3 Å². The Morgan fingerprint density at radius 1 is 1.14 bits per heavy atom. The fourth-order valence-electron chi connectivity index (χ4n) is 6.57. The molecule has 22 heavy (non-hydrogen) atoms. The summed E-state index contributed by atoms with van der Waals surface area (Å²) in [6.45, 7) is 2.25. The van der Waals surface area contributed by atoms with Gasteiger partial charge in [0.05, 0.1) is 6.10 Å². The van der Waals surface area contributed by atoms with Crippen LogP contribution in [0.5, 0.6) is 0 Å². The lowest BCUT2D eigenvalue weighted by Crippen LogP contribution is -2.52. The van der Waals surface area contributed by atoms with Crippen LogP contribution in [0.25, 0.3) is 0 Å². The van der Waals surface area contributed by atoms with Gasteiger partial charge in [0, 0.05) is 5.41 Å². The molecule has 4 aliphatic rings. The summed E-state index contributed by atoms with van der Waals surface area (Å²) in [6, 6.07) is 0. The van der Waals surface area contributed by atoms with Crippen LogP contribution in [-0.4, -0.2) is 21.9 Å². The molecule has 0 aliphatic heterocycles. The lowest BCUT2D eigenvalue weighted by Gasteiger charge is -2.55. The highest BCUT2D eigenvalue weighted by Crippen LogP contribution is 2.64. The summed E-state index contributed by atoms with van der Waals surface area (Å²) in [7, 11) is 0. The highest BCUT2D eigenvalue weighted by atomic mass is 16.3. The summed E-state index contributed by atoms with van der Waals surface area (Å²) in [5.41, 5.74) is 0.550. The molecule has 0 amide bonds. The first kappa shape index (κ1) is 14.8. The smallest absolute Gasteiger partial charge is 0.130 e. The van der Waals surface area contributed by atoms with Gasteiger partial charge in [0.2, 0.25) is 0 Å². The Hall–Kier alpha value is -0.780. The van der Waals surface area contributed by atoms with Crippen LogP contribution in [0, 0.1) is 41.4 Å². The van der Waals surface area contributed by atoms with Crippen molar-refractivity contribution in [3.63, 3.8) is 0 Å². The van der Waals surface area contributed by atoms with E-state index >= 15 is 0 Å². The van der Waals surface area contributed by atoms with E-state index in [-0.39, 0.29) is 11.5 Å². The number of terminal acetylenes is 1. The molecule has 0 spiro atoms. The van der Waals surface area contributed by atoms with Gasteiger partial charge in [0.25, 0.3) is 0 Å². The maximum atomic E-state index is 10.9. The van der Waals surface area contributed by atoms with Crippen molar-refractivity contribution in [2.24, 2.45) is 29.1 Å². The number of rotatable bonds is 0. The van der Waals surface area contributed by atoms with E-state index in [4.69, 9.17) is 6.42 Å². The van der Waals surface area contributed by atoms with Crippen molar-refractivity contribution < 1.29 is 10.2 Å². The average molecular weight is 300 g/mol. The van der Waals surface area contributed by atoms with Gasteiger partial charge in [0.1, 0.15) is 5.60 Å². The molecule has 1 unspecified atom stereocenters. The Kier molecular flexibility index (Phi) is 3.26. The maximum absolute atomic E-state index is 10.9. The number of hydrogen-bond donors (Lipinski definition) is 2. The maximum Gasteiger partial charge on any atom is 0.130 e. The van der Waals surface area contributed by atoms with Gasteiger partial charge in [-0.3, -0.25) is 0 Å². The molecular formula is C20H28O2. The zero-order valence-corrected chi connectivity index (χ0v) is 13.6. The Bertz CT molecular complexity index is 544. The highest BCUT2D eigenvalue weighted by Gasteiger charge is 2.61. The zero-order chi connectivity index (χ0) is 15.5. The molecule has 7 atom stereocenters. The molecule has 2 nitrogen and oxygen atoms in total. The fourth-order valence-corrected chi connectivity index (χ4v) is 6.57. The lowest BCUT2D eigenvalue weighted by molar-refractivity contribution is -0.0865. The van der Waals surface area contributed by atoms with Gasteiger partial charge in [-0.1, -0.05) is 24.5 Å². The summed E-state index contributed by atoms with van der Waals surface area (Å²) >= 11 is 0. The van der Waals surface area contributed by atoms with E-state index in [2.05, 4.69) is 18.9 Å². The minimum absolute atomic E-state index is 0.0850. The molecule has 4 rings (SSSR count). The largest absolute Gasteiger partial charge is 0.389 e. The monoisotopic (exact) mass is 300 g/mol. The average Bonchev–Trinajstić information content (AvgIpc) is 2.79. The van der Waals surface area contributed by atoms with Crippen molar-refractivity contribution in [2.75, 3.05) is 0 Å². The number of aliphatic hydroxyl groups is 2. The van der Waals surface area contributed by atoms with E-state index < -0.39 is 5.60 Å². The van der Waals surface area contributed by atoms with Crippen molar-refractivity contribution in [3.05, 3.63) is 11.6 Å². The Labute approximate surface area is 134 Å². The second kappa shape index (κ2) is 4.86. The van der Waals surface area contributed by atoms with Gasteiger partial charge in [0.15, 0.2) is 0 Å². The van der Waals surface area contributed by atoms with E-state index in [0.717, 1.165) is 50.4 Å². The van der Waals surface area contributed by atoms with Gasteiger partial charge in [-0.2, -0.15) is 0 Å². The van der Waals surface area contributed by atoms with Gasteiger partial charge >= 0.3 is 0 Å². The number of allylic oxidation sites excluding steroid dienone is 1. The summed E-state index contributed by atoms with van der Waals surface area (Å²) in [4.78, 5) is 0. The van der Waals surface area contributed by atoms with Gasteiger partial charge in [-0.15, -0.1) is 6.42 Å². The summed E-state index contributed by atoms with van der Waals surface area (Å²) in [5.74, 6) is 5.50. The minimum atomic E-state index is -0.887. The first-order chi connectivity index (χ1) is 10.5. The fraction of sp³-hybridized carbons (Fsp3) is 0.800. The van der Waals surface area contributed by atoms with Crippen molar-refractivity contribution in [2.45, 2.75) is 70.0 Å². The standard InChI is InChI=1S/C20H28O2/c1-3-20(22)11-9-18-17-6-4-13-12-14(21)5-7-15(13)16(17)8-10-19(18,20)2/h1,12,14-18,21-22H,4-11H2,2H3/t14-,15?,16+,17+,18-,19-,20+/m0/s1. The van der Waals surface area contributed by atoms with E-state index in [1.165, 1.54) is 18.4 Å². The van der Waals surface area contributed by atoms with Crippen LogP contribution in [0.3, 0.4) is 0 Å². The second-order valence-corrected chi connectivity index (χ2v) is 8.47. The van der Waals surface area contributed by atoms with Crippen molar-refractivity contribution in [1.29, 1.82) is 0 Å². The predicted octanol–water partition coefficient (Wildman–Crippen LogP) is 3.28. The third-order valence-corrected chi connectivity index (χ3v) is 7.82. The Morgan fingerprint density at radius 2 is 1.95 bits per heavy atom. The molecule has 3 saturated carbocycles. The van der Waals surface area contributed by atoms with E-state index in [1.54, 1.807) is 0 Å². The molecule has 0 heterocycles. The Morgan fingerprint density at radius 3 is 2.73 bits per heavy atom. The van der Waals surface area contributed by atoms with Crippen LogP contribution < -0.4 is 0 Å². The van der Waals surface area contributed by atoms with Crippen LogP contribution in [0.1, 0.15) is 58.3 Å². The highest BCUT2D eigenvalue weighted by molar-refractivity contribution is 5.25. The van der Waals surface area contributed by atoms with Crippen molar-refractivity contribution >= 4 is 0 Å². The molecule has 0 aromatic rings. The van der Waals surface area contributed by atoms with Crippen LogP contribution in [-0.2, 0) is 0 Å². The molecule has 0 bridgehead atoms. The molecule has 2 heteroatoms. The molecule has 3 fully saturated rings. The van der Waals surface area contributed by atoms with Crippen molar-refractivity contribution in [1.82, 2.24) is 0 Å². The SMILES string of the molecule is C#C[C@@]1(O)CC[C@H]2[C@@H]3CCC4=C[C@@H](O)CCC4[C@H]3CC[C@@]21C. The minimum Gasteiger partial charge on any atom is -0.389 e. The summed E-state index contributed by atoms with van der Waals surface area (Å²) in [6.07, 6.45) is 16.2. The van der Waals surface area contributed by atoms with Gasteiger partial charge < -0.3 is 10.2 Å². The van der Waals surface area contributed by atoms with E-state index in [1.807, 2.05) is 0 Å². The molecule has 0 aromatic carbocycles. The quantitative estimate of drug-likeness (QED) is 0.532. The molecule has 120 valence electrons. The van der Waals surface area contributed by atoms with Crippen LogP contribution in [0.2, 0.25) is 0 Å². The van der Waals surface area contributed by atoms with Crippen LogP contribution in [0.15, 0.2) is 11.6 Å². The summed E-state index contributed by atoms with van der Waals surface area (Å²) in [5, 5.41) is 20.8. The lowest BCUT2D eigenvalue weighted by atomic mass is 9.50. The normalized spacial score (nSPS) is 53.7. The predicted molar refractivity (Wildman–Crippen MR) is 86.9 cm³/mol. The number of hydrogen-bond acceptors (Lipinski definition) is 2. The molecule has 0 saturated heterocycles. The molecule has 0 radical (unpaired) electrons. The van der Waals surface area contributed by atoms with Crippen LogP contribution in [0.4, 0.5) is 0 Å². The van der Waals surface area contributed by atoms with E-state index in [0.29, 0.717) is 11.8 Å². The number of fused-ring (bicyclic) bond motifs is 5. The van der Waals surface area contributed by atoms with E-state index in [9.17, 15) is 10.2 Å². The third-order valence-electron chi connectivity index (χ3n) is 7.82. The zero-order valence-electron chi connectivity index (χ0n) is 13.6. The molecule has 2 N–H and O–H groups in total. The van der Waals surface area contributed by atoms with Gasteiger partial charge in [-0.05, 0) is 75.0 Å². The topological polar surface area (TPSA) is 40.5 Å². The first-order valence-corrected chi connectivity index (χ1v) is 9.07.